The number of carbonyl (C=O) groups excluding carboxylic acids is 1. The molecule has 0 aliphatic carbocycles. The molecule has 1 amide bonds. The standard InChI is InChI=1S/C18H18FN3O2S/c1-2-4-16-17(23)22(12-13-6-8-14(19)9-7-13)18(25-16)21-20-11-15-5-3-10-24-15/h3,5-11,16H,2,4,12H2,1H3/b20-11-,21-18-/t16-/m0/s1. The van der Waals surface area contributed by atoms with E-state index in [1.807, 2.05) is 6.92 Å². The van der Waals surface area contributed by atoms with E-state index >= 15 is 0 Å². The minimum Gasteiger partial charge on any atom is -0.463 e. The molecule has 130 valence electrons. The first kappa shape index (κ1) is 17.4. The van der Waals surface area contributed by atoms with Gasteiger partial charge in [-0.3, -0.25) is 9.69 Å². The van der Waals surface area contributed by atoms with Crippen LogP contribution in [0.5, 0.6) is 0 Å². The van der Waals surface area contributed by atoms with Crippen molar-refractivity contribution in [1.29, 1.82) is 0 Å². The number of hydrogen-bond acceptors (Lipinski definition) is 5. The number of carbonyl (C=O) groups is 1. The number of amides is 1. The Morgan fingerprint density at radius 2 is 2.12 bits per heavy atom. The highest BCUT2D eigenvalue weighted by Crippen LogP contribution is 2.31. The van der Waals surface area contributed by atoms with Crippen LogP contribution in [0, 0.1) is 5.82 Å². The van der Waals surface area contributed by atoms with E-state index < -0.39 is 0 Å². The van der Waals surface area contributed by atoms with Gasteiger partial charge in [-0.05, 0) is 36.2 Å². The fourth-order valence-electron chi connectivity index (χ4n) is 2.45. The third-order valence-corrected chi connectivity index (χ3v) is 4.93. The molecule has 2 aromatic rings. The van der Waals surface area contributed by atoms with Crippen molar-refractivity contribution in [2.75, 3.05) is 0 Å². The lowest BCUT2D eigenvalue weighted by Gasteiger charge is -2.15. The molecule has 1 fully saturated rings. The quantitative estimate of drug-likeness (QED) is 0.577. The van der Waals surface area contributed by atoms with E-state index in [9.17, 15) is 9.18 Å². The molecule has 25 heavy (non-hydrogen) atoms. The van der Waals surface area contributed by atoms with Gasteiger partial charge in [-0.2, -0.15) is 5.10 Å². The molecule has 1 saturated heterocycles. The third-order valence-electron chi connectivity index (χ3n) is 3.70. The summed E-state index contributed by atoms with van der Waals surface area (Å²) < 4.78 is 18.3. The summed E-state index contributed by atoms with van der Waals surface area (Å²) in [6.45, 7) is 2.39. The first-order valence-electron chi connectivity index (χ1n) is 8.04. The molecule has 0 spiro atoms. The fraction of sp³-hybridized carbons (Fsp3) is 0.278. The zero-order chi connectivity index (χ0) is 17.6. The Kier molecular flexibility index (Phi) is 5.65. The lowest BCUT2D eigenvalue weighted by molar-refractivity contribution is -0.126. The van der Waals surface area contributed by atoms with Crippen molar-refractivity contribution in [2.45, 2.75) is 31.6 Å². The Morgan fingerprint density at radius 3 is 2.80 bits per heavy atom. The summed E-state index contributed by atoms with van der Waals surface area (Å²) in [7, 11) is 0. The summed E-state index contributed by atoms with van der Waals surface area (Å²) in [6, 6.07) is 9.65. The molecule has 0 radical (unpaired) electrons. The summed E-state index contributed by atoms with van der Waals surface area (Å²) in [6.07, 6.45) is 4.75. The van der Waals surface area contributed by atoms with Crippen molar-refractivity contribution in [3.05, 3.63) is 59.8 Å². The van der Waals surface area contributed by atoms with E-state index in [1.54, 1.807) is 35.4 Å². The van der Waals surface area contributed by atoms with Crippen LogP contribution < -0.4 is 0 Å². The van der Waals surface area contributed by atoms with Gasteiger partial charge in [0.05, 0.1) is 24.3 Å². The van der Waals surface area contributed by atoms with Crippen LogP contribution in [0.3, 0.4) is 0 Å². The van der Waals surface area contributed by atoms with Gasteiger partial charge in [0.2, 0.25) is 5.91 Å². The molecule has 1 aromatic carbocycles. The topological polar surface area (TPSA) is 58.2 Å². The molecule has 0 saturated carbocycles. The van der Waals surface area contributed by atoms with Crippen LogP contribution >= 0.6 is 11.8 Å². The van der Waals surface area contributed by atoms with Gasteiger partial charge in [0.1, 0.15) is 11.6 Å². The number of nitrogens with zero attached hydrogens (tertiary/aromatic N) is 3. The average Bonchev–Trinajstić information content (AvgIpc) is 3.21. The lowest BCUT2D eigenvalue weighted by Crippen LogP contribution is -2.31. The van der Waals surface area contributed by atoms with Crippen molar-refractivity contribution < 1.29 is 13.6 Å². The summed E-state index contributed by atoms with van der Waals surface area (Å²) >= 11 is 1.42. The van der Waals surface area contributed by atoms with Crippen LogP contribution in [0.25, 0.3) is 0 Å². The first-order chi connectivity index (χ1) is 12.2. The SMILES string of the molecule is CCC[C@@H]1S/C(=N\N=C/c2ccco2)N(Cc2ccc(F)cc2)C1=O. The Labute approximate surface area is 149 Å². The normalized spacial score (nSPS) is 19.4. The van der Waals surface area contributed by atoms with Crippen molar-refractivity contribution in [3.8, 4) is 0 Å². The molecule has 1 aliphatic rings. The second-order valence-corrected chi connectivity index (χ2v) is 6.76. The van der Waals surface area contributed by atoms with Crippen LogP contribution in [-0.4, -0.2) is 27.4 Å². The molecule has 0 N–H and O–H groups in total. The fourth-order valence-corrected chi connectivity index (χ4v) is 3.66. The molecule has 1 atom stereocenters. The number of rotatable bonds is 6. The Morgan fingerprint density at radius 1 is 1.32 bits per heavy atom. The highest BCUT2D eigenvalue weighted by molar-refractivity contribution is 8.15. The van der Waals surface area contributed by atoms with Crippen LogP contribution in [0.4, 0.5) is 4.39 Å². The minimum absolute atomic E-state index is 0.0168. The Balaban J connectivity index is 1.79. The van der Waals surface area contributed by atoms with Gasteiger partial charge >= 0.3 is 0 Å². The van der Waals surface area contributed by atoms with E-state index in [2.05, 4.69) is 10.2 Å². The van der Waals surface area contributed by atoms with E-state index in [1.165, 1.54) is 30.1 Å². The smallest absolute Gasteiger partial charge is 0.242 e. The molecule has 7 heteroatoms. The molecular weight excluding hydrogens is 341 g/mol. The van der Waals surface area contributed by atoms with Gasteiger partial charge in [0.25, 0.3) is 0 Å². The first-order valence-corrected chi connectivity index (χ1v) is 8.92. The minimum atomic E-state index is -0.299. The van der Waals surface area contributed by atoms with Crippen molar-refractivity contribution >= 4 is 29.1 Å². The number of benzene rings is 1. The number of hydrogen-bond donors (Lipinski definition) is 0. The van der Waals surface area contributed by atoms with Crippen LogP contribution in [0.15, 0.2) is 57.3 Å². The summed E-state index contributed by atoms with van der Waals surface area (Å²) in [5.41, 5.74) is 0.843. The lowest BCUT2D eigenvalue weighted by atomic mass is 10.2. The number of furan rings is 1. The Hall–Kier alpha value is -2.41. The second-order valence-electron chi connectivity index (χ2n) is 5.59. The van der Waals surface area contributed by atoms with Crippen molar-refractivity contribution in [1.82, 2.24) is 4.90 Å². The summed E-state index contributed by atoms with van der Waals surface area (Å²) in [5, 5.41) is 8.62. The predicted octanol–water partition coefficient (Wildman–Crippen LogP) is 4.05. The second kappa shape index (κ2) is 8.11. The van der Waals surface area contributed by atoms with Crippen LogP contribution in [0.2, 0.25) is 0 Å². The highest BCUT2D eigenvalue weighted by Gasteiger charge is 2.37. The van der Waals surface area contributed by atoms with Gasteiger partial charge in [-0.15, -0.1) is 5.10 Å². The Bertz CT molecular complexity index is 772. The molecule has 1 aromatic heterocycles. The molecular formula is C18H18FN3O2S. The maximum absolute atomic E-state index is 13.1. The van der Waals surface area contributed by atoms with E-state index in [-0.39, 0.29) is 17.0 Å². The molecule has 5 nitrogen and oxygen atoms in total. The highest BCUT2D eigenvalue weighted by atomic mass is 32.2. The molecule has 2 heterocycles. The van der Waals surface area contributed by atoms with Gasteiger partial charge in [-0.1, -0.05) is 37.2 Å². The van der Waals surface area contributed by atoms with E-state index in [0.29, 0.717) is 17.5 Å². The molecule has 3 rings (SSSR count). The average molecular weight is 359 g/mol. The monoisotopic (exact) mass is 359 g/mol. The van der Waals surface area contributed by atoms with Gasteiger partial charge in [0, 0.05) is 0 Å². The predicted molar refractivity (Wildman–Crippen MR) is 97.0 cm³/mol. The molecule has 1 aliphatic heterocycles. The maximum atomic E-state index is 13.1. The molecule has 0 bridgehead atoms. The maximum Gasteiger partial charge on any atom is 0.242 e. The summed E-state index contributed by atoms with van der Waals surface area (Å²) in [5.74, 6) is 0.309. The number of thioether (sulfide) groups is 1. The zero-order valence-corrected chi connectivity index (χ0v) is 14.6. The molecule has 0 unspecified atom stereocenters. The number of amidine groups is 1. The van der Waals surface area contributed by atoms with Crippen molar-refractivity contribution in [3.63, 3.8) is 0 Å². The van der Waals surface area contributed by atoms with E-state index in [0.717, 1.165) is 18.4 Å². The van der Waals surface area contributed by atoms with Gasteiger partial charge in [-0.25, -0.2) is 4.39 Å². The van der Waals surface area contributed by atoms with Crippen LogP contribution in [-0.2, 0) is 11.3 Å². The largest absolute Gasteiger partial charge is 0.463 e. The summed E-state index contributed by atoms with van der Waals surface area (Å²) in [4.78, 5) is 14.3. The third kappa shape index (κ3) is 4.36. The number of halogens is 1. The van der Waals surface area contributed by atoms with Crippen molar-refractivity contribution in [2.24, 2.45) is 10.2 Å². The van der Waals surface area contributed by atoms with E-state index in [4.69, 9.17) is 4.42 Å². The zero-order valence-electron chi connectivity index (χ0n) is 13.8. The van der Waals surface area contributed by atoms with Crippen LogP contribution in [0.1, 0.15) is 31.1 Å². The van der Waals surface area contributed by atoms with Gasteiger partial charge < -0.3 is 4.42 Å². The van der Waals surface area contributed by atoms with Gasteiger partial charge in [0.15, 0.2) is 5.17 Å².